The van der Waals surface area contributed by atoms with E-state index >= 15 is 0 Å². The molecule has 0 rings (SSSR count). The molecule has 0 aliphatic heterocycles. The van der Waals surface area contributed by atoms with Crippen LogP contribution in [0.25, 0.3) is 0 Å². The first-order chi connectivity index (χ1) is 7.02. The van der Waals surface area contributed by atoms with Crippen LogP contribution in [0.2, 0.25) is 0 Å². The van der Waals surface area contributed by atoms with Crippen molar-refractivity contribution in [3.63, 3.8) is 0 Å². The molecular formula is C10H21KO4S. The van der Waals surface area contributed by atoms with Gasteiger partial charge in [0.15, 0.2) is 0 Å². The Balaban J connectivity index is 0. The Hall–Kier alpha value is 1.51. The topological polar surface area (TPSA) is 77.4 Å². The zero-order valence-electron chi connectivity index (χ0n) is 10.3. The van der Waals surface area contributed by atoms with Crippen molar-refractivity contribution in [3.8, 4) is 0 Å². The van der Waals surface area contributed by atoms with E-state index in [1.54, 1.807) is 0 Å². The largest absolute Gasteiger partial charge is 1.00 e. The van der Waals surface area contributed by atoms with Crippen molar-refractivity contribution in [2.45, 2.75) is 57.1 Å². The fourth-order valence-corrected chi connectivity index (χ4v) is 2.57. The fraction of sp³-hybridized carbons (Fsp3) is 1.00. The van der Waals surface area contributed by atoms with Crippen molar-refractivity contribution in [2.24, 2.45) is 0 Å². The molecule has 0 saturated heterocycles. The van der Waals surface area contributed by atoms with Gasteiger partial charge in [-0.05, 0) is 19.3 Å². The van der Waals surface area contributed by atoms with Crippen LogP contribution in [0.3, 0.4) is 0 Å². The monoisotopic (exact) mass is 276 g/mol. The van der Waals surface area contributed by atoms with E-state index in [2.05, 4.69) is 0 Å². The zero-order valence-corrected chi connectivity index (χ0v) is 14.3. The average molecular weight is 276 g/mol. The summed E-state index contributed by atoms with van der Waals surface area (Å²) >= 11 is 0. The standard InChI is InChI=1S/C10H22O4S.K/c1-2-7-10(15(12,13)14)8-5-3-4-6-9-11;/h10-11H,2-9H2,1H3,(H,12,13,14);/q;+1/p-1. The van der Waals surface area contributed by atoms with Crippen LogP contribution in [0.4, 0.5) is 0 Å². The summed E-state index contributed by atoms with van der Waals surface area (Å²) < 4.78 is 32.5. The Kier molecular flexibility index (Phi) is 14.4. The molecule has 0 aliphatic rings. The molecule has 92 valence electrons. The molecule has 0 spiro atoms. The molecule has 0 amide bonds. The van der Waals surface area contributed by atoms with E-state index in [-0.39, 0.29) is 58.0 Å². The van der Waals surface area contributed by atoms with Crippen LogP contribution in [0.15, 0.2) is 0 Å². The number of hydrogen-bond donors (Lipinski definition) is 1. The van der Waals surface area contributed by atoms with Crippen LogP contribution in [-0.4, -0.2) is 29.9 Å². The molecule has 0 aromatic carbocycles. The average Bonchev–Trinajstić information content (AvgIpc) is 2.14. The van der Waals surface area contributed by atoms with Crippen LogP contribution in [0.1, 0.15) is 51.9 Å². The summed E-state index contributed by atoms with van der Waals surface area (Å²) in [6, 6.07) is 0. The van der Waals surface area contributed by atoms with Gasteiger partial charge in [0.25, 0.3) is 0 Å². The van der Waals surface area contributed by atoms with Gasteiger partial charge in [-0.15, -0.1) is 0 Å². The predicted octanol–water partition coefficient (Wildman–Crippen LogP) is -1.35. The molecule has 0 radical (unpaired) electrons. The van der Waals surface area contributed by atoms with Crippen molar-refractivity contribution < 1.29 is 69.5 Å². The molecular weight excluding hydrogens is 255 g/mol. The zero-order chi connectivity index (χ0) is 11.7. The number of unbranched alkanes of at least 4 members (excludes halogenated alkanes) is 3. The van der Waals surface area contributed by atoms with Crippen LogP contribution >= 0.6 is 0 Å². The van der Waals surface area contributed by atoms with Gasteiger partial charge >= 0.3 is 51.4 Å². The molecule has 1 atom stereocenters. The van der Waals surface area contributed by atoms with Crippen LogP contribution in [0.5, 0.6) is 0 Å². The fourth-order valence-electron chi connectivity index (χ4n) is 1.59. The van der Waals surface area contributed by atoms with Gasteiger partial charge in [-0.1, -0.05) is 32.6 Å². The van der Waals surface area contributed by atoms with Crippen LogP contribution in [0, 0.1) is 0 Å². The Labute approximate surface area is 141 Å². The molecule has 6 heteroatoms. The van der Waals surface area contributed by atoms with Crippen LogP contribution < -0.4 is 51.4 Å². The number of aliphatic hydroxyl groups excluding tert-OH is 1. The molecule has 1 unspecified atom stereocenters. The van der Waals surface area contributed by atoms with Crippen molar-refractivity contribution >= 4 is 10.1 Å². The molecule has 4 nitrogen and oxygen atoms in total. The molecule has 0 heterocycles. The summed E-state index contributed by atoms with van der Waals surface area (Å²) in [6.07, 6.45) is 4.94. The normalized spacial score (nSPS) is 13.2. The molecule has 0 bridgehead atoms. The quantitative estimate of drug-likeness (QED) is 0.321. The van der Waals surface area contributed by atoms with E-state index in [9.17, 15) is 13.0 Å². The number of hydrogen-bond acceptors (Lipinski definition) is 4. The van der Waals surface area contributed by atoms with E-state index in [1.807, 2.05) is 6.92 Å². The molecule has 0 fully saturated rings. The minimum absolute atomic E-state index is 0. The van der Waals surface area contributed by atoms with Gasteiger partial charge in [-0.3, -0.25) is 0 Å². The van der Waals surface area contributed by atoms with Crippen molar-refractivity contribution in [3.05, 3.63) is 0 Å². The summed E-state index contributed by atoms with van der Waals surface area (Å²) in [5, 5.41) is 7.83. The third-order valence-electron chi connectivity index (χ3n) is 2.45. The van der Waals surface area contributed by atoms with E-state index in [0.29, 0.717) is 12.8 Å². The second-order valence-corrected chi connectivity index (χ2v) is 5.48. The van der Waals surface area contributed by atoms with Gasteiger partial charge in [-0.2, -0.15) is 0 Å². The minimum atomic E-state index is -4.12. The van der Waals surface area contributed by atoms with Crippen molar-refractivity contribution in [1.82, 2.24) is 0 Å². The van der Waals surface area contributed by atoms with Gasteiger partial charge in [0, 0.05) is 11.9 Å². The minimum Gasteiger partial charge on any atom is -0.748 e. The van der Waals surface area contributed by atoms with Gasteiger partial charge in [0.1, 0.15) is 0 Å². The molecule has 0 saturated carbocycles. The van der Waals surface area contributed by atoms with Gasteiger partial charge in [-0.25, -0.2) is 8.42 Å². The molecule has 16 heavy (non-hydrogen) atoms. The summed E-state index contributed by atoms with van der Waals surface area (Å²) in [4.78, 5) is 0. The Morgan fingerprint density at radius 1 is 1.12 bits per heavy atom. The number of rotatable bonds is 9. The molecule has 0 aromatic heterocycles. The summed E-state index contributed by atoms with van der Waals surface area (Å²) in [7, 11) is -4.12. The van der Waals surface area contributed by atoms with Crippen molar-refractivity contribution in [2.75, 3.05) is 6.61 Å². The predicted molar refractivity (Wildman–Crippen MR) is 58.6 cm³/mol. The summed E-state index contributed by atoms with van der Waals surface area (Å²) in [6.45, 7) is 2.06. The van der Waals surface area contributed by atoms with Gasteiger partial charge in [0.2, 0.25) is 0 Å². The third kappa shape index (κ3) is 10.6. The van der Waals surface area contributed by atoms with Crippen molar-refractivity contribution in [1.29, 1.82) is 0 Å². The maximum absolute atomic E-state index is 10.8. The van der Waals surface area contributed by atoms with Gasteiger partial charge < -0.3 is 9.66 Å². The summed E-state index contributed by atoms with van der Waals surface area (Å²) in [5.41, 5.74) is 0. The Morgan fingerprint density at radius 2 is 1.69 bits per heavy atom. The number of aliphatic hydroxyl groups is 1. The first-order valence-corrected chi connectivity index (χ1v) is 7.05. The van der Waals surface area contributed by atoms with Gasteiger partial charge in [0.05, 0.1) is 10.1 Å². The summed E-state index contributed by atoms with van der Waals surface area (Å²) in [5.74, 6) is 0. The first-order valence-electron chi connectivity index (χ1n) is 5.58. The second kappa shape index (κ2) is 11.6. The third-order valence-corrected chi connectivity index (χ3v) is 3.74. The van der Waals surface area contributed by atoms with Crippen LogP contribution in [-0.2, 0) is 10.1 Å². The molecule has 0 aromatic rings. The Morgan fingerprint density at radius 3 is 2.12 bits per heavy atom. The van der Waals surface area contributed by atoms with E-state index in [0.717, 1.165) is 32.1 Å². The second-order valence-electron chi connectivity index (χ2n) is 3.83. The molecule has 0 aliphatic carbocycles. The van der Waals surface area contributed by atoms with E-state index in [4.69, 9.17) is 5.11 Å². The maximum atomic E-state index is 10.8. The Bertz CT molecular complexity index is 241. The SMILES string of the molecule is CCCC(CCCCCCO)S(=O)(=O)[O-].[K+]. The maximum Gasteiger partial charge on any atom is 1.00 e. The molecule has 1 N–H and O–H groups in total. The smallest absolute Gasteiger partial charge is 0.748 e. The van der Waals surface area contributed by atoms with E-state index < -0.39 is 15.4 Å². The van der Waals surface area contributed by atoms with E-state index in [1.165, 1.54) is 0 Å². The first kappa shape index (κ1) is 19.8.